The molecule has 0 aliphatic rings. The molecule has 8 heteroatoms. The predicted molar refractivity (Wildman–Crippen MR) is 93.9 cm³/mol. The number of nitrogens with zero attached hydrogens (tertiary/aromatic N) is 1. The molecule has 2 rings (SSSR count). The summed E-state index contributed by atoms with van der Waals surface area (Å²) in [6.45, 7) is 1.39. The first kappa shape index (κ1) is 18.8. The van der Waals surface area contributed by atoms with Crippen molar-refractivity contribution in [1.82, 2.24) is 5.43 Å². The lowest BCUT2D eigenvalue weighted by Crippen LogP contribution is -2.24. The Labute approximate surface area is 149 Å². The minimum absolute atomic E-state index is 0.0345. The summed E-state index contributed by atoms with van der Waals surface area (Å²) in [7, 11) is 1.43. The van der Waals surface area contributed by atoms with Gasteiger partial charge in [0, 0.05) is 11.1 Å². The summed E-state index contributed by atoms with van der Waals surface area (Å²) in [5.74, 6) is -1.15. The van der Waals surface area contributed by atoms with Crippen molar-refractivity contribution in [1.29, 1.82) is 0 Å². The number of amides is 1. The summed E-state index contributed by atoms with van der Waals surface area (Å²) in [5, 5.41) is 22.3. The molecule has 0 fully saturated rings. The summed E-state index contributed by atoms with van der Waals surface area (Å²) < 4.78 is 10.6. The molecular formula is C18H18N2O6. The van der Waals surface area contributed by atoms with Gasteiger partial charge in [-0.15, -0.1) is 0 Å². The summed E-state index contributed by atoms with van der Waals surface area (Å²) in [4.78, 5) is 23.0. The lowest BCUT2D eigenvalue weighted by atomic mass is 10.2. The molecule has 0 bridgehead atoms. The number of carboxylic acids is 1. The van der Waals surface area contributed by atoms with Gasteiger partial charge in [-0.1, -0.05) is 12.1 Å². The average molecular weight is 358 g/mol. The molecule has 0 aliphatic heterocycles. The lowest BCUT2D eigenvalue weighted by molar-refractivity contribution is -0.144. The fourth-order valence-corrected chi connectivity index (χ4v) is 2.02. The van der Waals surface area contributed by atoms with Crippen molar-refractivity contribution in [3.05, 3.63) is 53.6 Å². The third-order valence-electron chi connectivity index (χ3n) is 3.35. The zero-order chi connectivity index (χ0) is 19.1. The van der Waals surface area contributed by atoms with Gasteiger partial charge in [0.25, 0.3) is 5.91 Å². The number of aliphatic carboxylic acids is 1. The van der Waals surface area contributed by atoms with E-state index in [9.17, 15) is 14.7 Å². The fraction of sp³-hybridized carbons (Fsp3) is 0.167. The van der Waals surface area contributed by atoms with Gasteiger partial charge in [-0.05, 0) is 37.3 Å². The molecular weight excluding hydrogens is 340 g/mol. The number of rotatable bonds is 7. The normalized spacial score (nSPS) is 11.8. The van der Waals surface area contributed by atoms with Crippen LogP contribution in [0.2, 0.25) is 0 Å². The lowest BCUT2D eigenvalue weighted by Gasteiger charge is -2.15. The number of ether oxygens (including phenoxy) is 2. The Morgan fingerprint density at radius 1 is 1.23 bits per heavy atom. The van der Waals surface area contributed by atoms with Crippen molar-refractivity contribution in [2.45, 2.75) is 13.0 Å². The van der Waals surface area contributed by atoms with Crippen LogP contribution >= 0.6 is 0 Å². The van der Waals surface area contributed by atoms with Crippen LogP contribution in [0.1, 0.15) is 22.8 Å². The van der Waals surface area contributed by atoms with E-state index < -0.39 is 18.0 Å². The van der Waals surface area contributed by atoms with E-state index in [1.54, 1.807) is 18.2 Å². The Morgan fingerprint density at radius 2 is 1.96 bits per heavy atom. The highest BCUT2D eigenvalue weighted by Crippen LogP contribution is 2.31. The Kier molecular flexibility index (Phi) is 6.15. The van der Waals surface area contributed by atoms with Crippen molar-refractivity contribution in [2.24, 2.45) is 5.10 Å². The van der Waals surface area contributed by atoms with Crippen LogP contribution in [0.4, 0.5) is 0 Å². The molecule has 0 saturated heterocycles. The average Bonchev–Trinajstić information content (AvgIpc) is 2.62. The van der Waals surface area contributed by atoms with E-state index in [0.29, 0.717) is 11.3 Å². The standard InChI is InChI=1S/C18H18N2O6/c1-11(18(23)24)26-16-13(6-4-8-15(16)25-2)10-19-20-17(22)12-5-3-7-14(21)9-12/h3-11,21H,1-2H3,(H,20,22)(H,23,24)/b19-10+/t11-/m0/s1. The molecule has 2 aromatic carbocycles. The number of hydrazone groups is 1. The van der Waals surface area contributed by atoms with Gasteiger partial charge in [0.1, 0.15) is 5.75 Å². The third kappa shape index (κ3) is 4.73. The van der Waals surface area contributed by atoms with E-state index in [1.165, 1.54) is 44.5 Å². The number of hydrogen-bond donors (Lipinski definition) is 3. The molecule has 26 heavy (non-hydrogen) atoms. The van der Waals surface area contributed by atoms with Gasteiger partial charge >= 0.3 is 5.97 Å². The van der Waals surface area contributed by atoms with Crippen LogP contribution in [-0.2, 0) is 4.79 Å². The largest absolute Gasteiger partial charge is 0.508 e. The van der Waals surface area contributed by atoms with Crippen LogP contribution in [0.25, 0.3) is 0 Å². The molecule has 136 valence electrons. The smallest absolute Gasteiger partial charge is 0.344 e. The molecule has 0 aliphatic carbocycles. The minimum atomic E-state index is -1.13. The topological polar surface area (TPSA) is 117 Å². The molecule has 0 unspecified atom stereocenters. The molecule has 3 N–H and O–H groups in total. The van der Waals surface area contributed by atoms with Crippen molar-refractivity contribution < 1.29 is 29.3 Å². The zero-order valence-corrected chi connectivity index (χ0v) is 14.2. The number of phenols is 1. The molecule has 2 aromatic rings. The van der Waals surface area contributed by atoms with Gasteiger partial charge < -0.3 is 19.7 Å². The molecule has 0 spiro atoms. The van der Waals surface area contributed by atoms with Crippen molar-refractivity contribution in [3.8, 4) is 17.2 Å². The van der Waals surface area contributed by atoms with Crippen LogP contribution < -0.4 is 14.9 Å². The van der Waals surface area contributed by atoms with E-state index in [-0.39, 0.29) is 17.1 Å². The number of benzene rings is 2. The maximum absolute atomic E-state index is 12.0. The second kappa shape index (κ2) is 8.52. The third-order valence-corrected chi connectivity index (χ3v) is 3.35. The summed E-state index contributed by atoms with van der Waals surface area (Å²) in [6, 6.07) is 10.7. The zero-order valence-electron chi connectivity index (χ0n) is 14.2. The minimum Gasteiger partial charge on any atom is -0.508 e. The molecule has 0 aromatic heterocycles. The second-order valence-corrected chi connectivity index (χ2v) is 5.23. The summed E-state index contributed by atoms with van der Waals surface area (Å²) in [5.41, 5.74) is 2.99. The van der Waals surface area contributed by atoms with Crippen molar-refractivity contribution in [3.63, 3.8) is 0 Å². The first-order chi connectivity index (χ1) is 12.4. The van der Waals surface area contributed by atoms with Gasteiger partial charge in [0.15, 0.2) is 17.6 Å². The van der Waals surface area contributed by atoms with Gasteiger partial charge in [0.05, 0.1) is 13.3 Å². The highest BCUT2D eigenvalue weighted by molar-refractivity contribution is 5.95. The van der Waals surface area contributed by atoms with Crippen molar-refractivity contribution in [2.75, 3.05) is 7.11 Å². The molecule has 0 radical (unpaired) electrons. The Morgan fingerprint density at radius 3 is 2.62 bits per heavy atom. The number of aromatic hydroxyl groups is 1. The number of carbonyl (C=O) groups excluding carboxylic acids is 1. The number of carboxylic acid groups (broad SMARTS) is 1. The number of phenolic OH excluding ortho intramolecular Hbond substituents is 1. The van der Waals surface area contributed by atoms with Crippen LogP contribution in [0, 0.1) is 0 Å². The Hall–Kier alpha value is -3.55. The van der Waals surface area contributed by atoms with Crippen LogP contribution in [0.15, 0.2) is 47.6 Å². The van der Waals surface area contributed by atoms with E-state index >= 15 is 0 Å². The van der Waals surface area contributed by atoms with Crippen LogP contribution in [-0.4, -0.2) is 41.5 Å². The highest BCUT2D eigenvalue weighted by Gasteiger charge is 2.18. The number of para-hydroxylation sites is 1. The molecule has 1 amide bonds. The highest BCUT2D eigenvalue weighted by atomic mass is 16.5. The van der Waals surface area contributed by atoms with Gasteiger partial charge in [-0.2, -0.15) is 5.10 Å². The Bertz CT molecular complexity index is 834. The first-order valence-electron chi connectivity index (χ1n) is 7.61. The molecule has 0 saturated carbocycles. The summed E-state index contributed by atoms with van der Waals surface area (Å²) >= 11 is 0. The monoisotopic (exact) mass is 358 g/mol. The second-order valence-electron chi connectivity index (χ2n) is 5.23. The first-order valence-corrected chi connectivity index (χ1v) is 7.61. The van der Waals surface area contributed by atoms with Gasteiger partial charge in [0.2, 0.25) is 0 Å². The number of carbonyl (C=O) groups is 2. The van der Waals surface area contributed by atoms with E-state index in [2.05, 4.69) is 10.5 Å². The maximum Gasteiger partial charge on any atom is 0.344 e. The number of methoxy groups -OCH3 is 1. The summed E-state index contributed by atoms with van der Waals surface area (Å²) in [6.07, 6.45) is 0.216. The van der Waals surface area contributed by atoms with Crippen molar-refractivity contribution >= 4 is 18.1 Å². The SMILES string of the molecule is COc1cccc(/C=N/NC(=O)c2cccc(O)c2)c1O[C@@H](C)C(=O)O. The molecule has 8 nitrogen and oxygen atoms in total. The quantitative estimate of drug-likeness (QED) is 0.515. The molecule has 1 atom stereocenters. The molecule has 0 heterocycles. The van der Waals surface area contributed by atoms with E-state index in [0.717, 1.165) is 0 Å². The predicted octanol–water partition coefficient (Wildman–Crippen LogP) is 2.02. The van der Waals surface area contributed by atoms with Gasteiger partial charge in [-0.25, -0.2) is 10.2 Å². The fourth-order valence-electron chi connectivity index (χ4n) is 2.02. The Balaban J connectivity index is 2.18. The van der Waals surface area contributed by atoms with E-state index in [4.69, 9.17) is 14.6 Å². The van der Waals surface area contributed by atoms with E-state index in [1.807, 2.05) is 0 Å². The van der Waals surface area contributed by atoms with Crippen LogP contribution in [0.3, 0.4) is 0 Å². The number of hydrogen-bond acceptors (Lipinski definition) is 6. The number of nitrogens with one attached hydrogen (secondary N) is 1. The maximum atomic E-state index is 12.0. The van der Waals surface area contributed by atoms with Gasteiger partial charge in [-0.3, -0.25) is 4.79 Å². The van der Waals surface area contributed by atoms with Crippen LogP contribution in [0.5, 0.6) is 17.2 Å².